The number of nitrogens with zero attached hydrogens (tertiary/aromatic N) is 1. The van der Waals surface area contributed by atoms with Gasteiger partial charge >= 0.3 is 0 Å². The molecule has 2 aliphatic rings. The van der Waals surface area contributed by atoms with E-state index in [1.54, 1.807) is 0 Å². The van der Waals surface area contributed by atoms with Crippen LogP contribution in [0.5, 0.6) is 0 Å². The first-order valence-electron chi connectivity index (χ1n) is 9.85. The molecule has 0 spiro atoms. The summed E-state index contributed by atoms with van der Waals surface area (Å²) in [6.07, 6.45) is 5.89. The summed E-state index contributed by atoms with van der Waals surface area (Å²) in [7, 11) is 0. The Morgan fingerprint density at radius 1 is 1.11 bits per heavy atom. The van der Waals surface area contributed by atoms with E-state index in [2.05, 4.69) is 55.4 Å². The summed E-state index contributed by atoms with van der Waals surface area (Å²) in [6.45, 7) is 3.48. The summed E-state index contributed by atoms with van der Waals surface area (Å²) in [6, 6.07) is 14.2. The number of carbonyl (C=O) groups excluding carboxylic acids is 1. The van der Waals surface area contributed by atoms with Crippen LogP contribution in [0.1, 0.15) is 24.8 Å². The number of fused-ring (bicyclic) bond motifs is 2. The quantitative estimate of drug-likeness (QED) is 0.662. The molecule has 5 heteroatoms. The van der Waals surface area contributed by atoms with E-state index in [4.69, 9.17) is 0 Å². The first-order valence-corrected chi connectivity index (χ1v) is 10.6. The number of benzene rings is 2. The fraction of sp³-hybridized carbons (Fsp3) is 0.261. The Morgan fingerprint density at radius 3 is 2.79 bits per heavy atom. The highest BCUT2D eigenvalue weighted by molar-refractivity contribution is 9.10. The molecule has 0 unspecified atom stereocenters. The van der Waals surface area contributed by atoms with Crippen LogP contribution in [0.2, 0.25) is 0 Å². The molecule has 2 aromatic carbocycles. The standard InChI is InChI=1S/C23H22BrN3O/c24-15-9-10-18-20(14-15)26-23(28)21(18)22-17(7-5-13-27-11-3-4-12-27)16-6-1-2-8-19(16)25-22/h1-2,6-10,14,25H,3-5,11-13H2,(H,26,28)/b17-7-,22-21-. The minimum atomic E-state index is -0.0474. The van der Waals surface area contributed by atoms with E-state index in [1.807, 2.05) is 24.3 Å². The summed E-state index contributed by atoms with van der Waals surface area (Å²) in [4.78, 5) is 18.9. The zero-order valence-corrected chi connectivity index (χ0v) is 17.2. The van der Waals surface area contributed by atoms with Gasteiger partial charge in [0.2, 0.25) is 0 Å². The maximum Gasteiger partial charge on any atom is 0.258 e. The molecule has 0 radical (unpaired) electrons. The van der Waals surface area contributed by atoms with Crippen molar-refractivity contribution in [1.29, 1.82) is 0 Å². The molecular formula is C23H22BrN3O. The molecule has 3 heterocycles. The van der Waals surface area contributed by atoms with Crippen LogP contribution >= 0.6 is 15.9 Å². The second kappa shape index (κ2) is 7.22. The molecule has 142 valence electrons. The molecule has 1 saturated heterocycles. The Labute approximate surface area is 172 Å². The highest BCUT2D eigenvalue weighted by Gasteiger charge is 2.26. The number of para-hydroxylation sites is 1. The topological polar surface area (TPSA) is 48.1 Å². The average Bonchev–Trinajstić information content (AvgIpc) is 3.39. The number of aromatic amines is 1. The third-order valence-electron chi connectivity index (χ3n) is 5.71. The molecule has 1 fully saturated rings. The maximum atomic E-state index is 12.8. The van der Waals surface area contributed by atoms with Crippen LogP contribution in [0.3, 0.4) is 0 Å². The largest absolute Gasteiger partial charge is 0.354 e. The summed E-state index contributed by atoms with van der Waals surface area (Å²) < 4.78 is 0.960. The number of likely N-dealkylation sites (tertiary alicyclic amines) is 1. The predicted octanol–water partition coefficient (Wildman–Crippen LogP) is 3.35. The van der Waals surface area contributed by atoms with E-state index in [-0.39, 0.29) is 5.91 Å². The highest BCUT2D eigenvalue weighted by Crippen LogP contribution is 2.32. The van der Waals surface area contributed by atoms with Crippen molar-refractivity contribution in [1.82, 2.24) is 9.88 Å². The average molecular weight is 436 g/mol. The Bertz CT molecular complexity index is 1190. The lowest BCUT2D eigenvalue weighted by molar-refractivity contribution is -0.110. The van der Waals surface area contributed by atoms with Crippen molar-refractivity contribution in [3.63, 3.8) is 0 Å². The molecule has 0 bridgehead atoms. The van der Waals surface area contributed by atoms with Gasteiger partial charge in [-0.15, -0.1) is 0 Å². The second-order valence-corrected chi connectivity index (χ2v) is 8.44. The summed E-state index contributed by atoms with van der Waals surface area (Å²) >= 11 is 3.49. The van der Waals surface area contributed by atoms with Crippen LogP contribution in [-0.4, -0.2) is 35.4 Å². The summed E-state index contributed by atoms with van der Waals surface area (Å²) in [5.41, 5.74) is 3.60. The number of hydrogen-bond donors (Lipinski definition) is 2. The molecule has 0 saturated carbocycles. The lowest BCUT2D eigenvalue weighted by atomic mass is 10.1. The number of carbonyl (C=O) groups is 1. The van der Waals surface area contributed by atoms with Gasteiger partial charge in [0.05, 0.1) is 16.6 Å². The smallest absolute Gasteiger partial charge is 0.258 e. The number of hydrogen-bond acceptors (Lipinski definition) is 2. The first-order chi connectivity index (χ1) is 13.7. The molecular weight excluding hydrogens is 414 g/mol. The van der Waals surface area contributed by atoms with Crippen molar-refractivity contribution in [3.8, 4) is 0 Å². The van der Waals surface area contributed by atoms with Crippen molar-refractivity contribution in [2.24, 2.45) is 0 Å². The van der Waals surface area contributed by atoms with Gasteiger partial charge in [0.15, 0.2) is 0 Å². The molecule has 0 aliphatic carbocycles. The highest BCUT2D eigenvalue weighted by atomic mass is 79.9. The van der Waals surface area contributed by atoms with Gasteiger partial charge in [-0.25, -0.2) is 0 Å². The molecule has 5 rings (SSSR count). The predicted molar refractivity (Wildman–Crippen MR) is 118 cm³/mol. The van der Waals surface area contributed by atoms with E-state index in [0.717, 1.165) is 50.3 Å². The fourth-order valence-electron chi connectivity index (χ4n) is 4.36. The van der Waals surface area contributed by atoms with E-state index < -0.39 is 0 Å². The number of amides is 1. The van der Waals surface area contributed by atoms with Gasteiger partial charge < -0.3 is 15.2 Å². The van der Waals surface area contributed by atoms with Crippen molar-refractivity contribution in [3.05, 3.63) is 63.1 Å². The molecule has 2 N–H and O–H groups in total. The zero-order chi connectivity index (χ0) is 19.1. The van der Waals surface area contributed by atoms with Crippen molar-refractivity contribution < 1.29 is 4.79 Å². The van der Waals surface area contributed by atoms with E-state index in [1.165, 1.54) is 31.3 Å². The second-order valence-electron chi connectivity index (χ2n) is 7.52. The molecule has 0 atom stereocenters. The van der Waals surface area contributed by atoms with Gasteiger partial charge in [-0.1, -0.05) is 46.3 Å². The minimum absolute atomic E-state index is 0.0474. The Balaban J connectivity index is 1.69. The number of nitrogens with one attached hydrogen (secondary N) is 2. The monoisotopic (exact) mass is 435 g/mol. The van der Waals surface area contributed by atoms with Crippen LogP contribution in [-0.2, 0) is 4.79 Å². The normalized spacial score (nSPS) is 19.5. The van der Waals surface area contributed by atoms with Crippen molar-refractivity contribution >= 4 is 50.1 Å². The maximum absolute atomic E-state index is 12.8. The van der Waals surface area contributed by atoms with Gasteiger partial charge in [-0.05, 0) is 50.6 Å². The summed E-state index contributed by atoms with van der Waals surface area (Å²) in [5.74, 6) is -0.0474. The van der Waals surface area contributed by atoms with Crippen LogP contribution < -0.4 is 15.9 Å². The van der Waals surface area contributed by atoms with Crippen LogP contribution in [0.25, 0.3) is 22.6 Å². The van der Waals surface area contributed by atoms with Crippen LogP contribution in [0.4, 0.5) is 5.69 Å². The fourth-order valence-corrected chi connectivity index (χ4v) is 4.72. The zero-order valence-electron chi connectivity index (χ0n) is 15.6. The third-order valence-corrected chi connectivity index (χ3v) is 6.21. The summed E-state index contributed by atoms with van der Waals surface area (Å²) in [5, 5.41) is 6.23. The van der Waals surface area contributed by atoms with Gasteiger partial charge in [0.1, 0.15) is 0 Å². The number of halogens is 1. The number of rotatable bonds is 3. The molecule has 4 nitrogen and oxygen atoms in total. The van der Waals surface area contributed by atoms with Crippen molar-refractivity contribution in [2.75, 3.05) is 25.0 Å². The van der Waals surface area contributed by atoms with Gasteiger partial charge in [0, 0.05) is 32.7 Å². The SMILES string of the molecule is O=C1Nc2cc(Br)ccc2/C1=c1/[nH]c2ccccc2/c1=C/CCN1CCCC1. The third kappa shape index (κ3) is 3.09. The number of H-pyrrole nitrogens is 1. The van der Waals surface area contributed by atoms with E-state index in [9.17, 15) is 4.79 Å². The Hall–Kier alpha value is -2.37. The van der Waals surface area contributed by atoms with Gasteiger partial charge in [-0.2, -0.15) is 0 Å². The number of aromatic nitrogens is 1. The lowest BCUT2D eigenvalue weighted by Crippen LogP contribution is -2.29. The lowest BCUT2D eigenvalue weighted by Gasteiger charge is -2.11. The molecule has 1 amide bonds. The Morgan fingerprint density at radius 2 is 1.93 bits per heavy atom. The number of anilines is 1. The molecule has 28 heavy (non-hydrogen) atoms. The van der Waals surface area contributed by atoms with Crippen molar-refractivity contribution in [2.45, 2.75) is 19.3 Å². The minimum Gasteiger partial charge on any atom is -0.354 e. The van der Waals surface area contributed by atoms with Gasteiger partial charge in [-0.3, -0.25) is 4.79 Å². The van der Waals surface area contributed by atoms with E-state index in [0.29, 0.717) is 0 Å². The van der Waals surface area contributed by atoms with Crippen LogP contribution in [0, 0.1) is 0 Å². The van der Waals surface area contributed by atoms with Gasteiger partial charge in [0.25, 0.3) is 5.91 Å². The molecule has 2 aliphatic heterocycles. The molecule has 3 aromatic rings. The van der Waals surface area contributed by atoms with Crippen LogP contribution in [0.15, 0.2) is 46.9 Å². The first kappa shape index (κ1) is 17.7. The Kier molecular flexibility index (Phi) is 4.57. The van der Waals surface area contributed by atoms with E-state index >= 15 is 0 Å². The molecule has 1 aromatic heterocycles.